The van der Waals surface area contributed by atoms with Crippen LogP contribution in [-0.2, 0) is 19.7 Å². The Hall–Kier alpha value is -3.83. The smallest absolute Gasteiger partial charge is 0.273 e. The van der Waals surface area contributed by atoms with E-state index in [9.17, 15) is 14.3 Å². The Morgan fingerprint density at radius 2 is 2.11 bits per heavy atom. The van der Waals surface area contributed by atoms with Crippen molar-refractivity contribution in [1.82, 2.24) is 39.1 Å². The number of amides is 1. The van der Waals surface area contributed by atoms with Crippen LogP contribution in [0.5, 0.6) is 0 Å². The van der Waals surface area contributed by atoms with Gasteiger partial charge in [-0.05, 0) is 36.5 Å². The Labute approximate surface area is 203 Å². The van der Waals surface area contributed by atoms with Crippen molar-refractivity contribution in [2.24, 2.45) is 0 Å². The fraction of sp³-hybridized carbons (Fsp3) is 0.261. The van der Waals surface area contributed by atoms with Gasteiger partial charge in [-0.2, -0.15) is 0 Å². The Bertz CT molecular complexity index is 1590. The molecule has 178 valence electrons. The number of pyridine rings is 2. The molecule has 12 heteroatoms. The minimum Gasteiger partial charge on any atom is -0.392 e. The highest BCUT2D eigenvalue weighted by Gasteiger charge is 2.25. The highest BCUT2D eigenvalue weighted by Crippen LogP contribution is 2.40. The number of aliphatic hydroxyl groups is 1. The van der Waals surface area contributed by atoms with Gasteiger partial charge in [-0.3, -0.25) is 4.79 Å². The molecule has 5 heterocycles. The highest BCUT2D eigenvalue weighted by atomic mass is 35.5. The number of halogens is 2. The quantitative estimate of drug-likeness (QED) is 0.359. The van der Waals surface area contributed by atoms with Gasteiger partial charge < -0.3 is 19.2 Å². The molecule has 1 fully saturated rings. The van der Waals surface area contributed by atoms with Gasteiger partial charge in [0.2, 0.25) is 0 Å². The predicted octanol–water partition coefficient (Wildman–Crippen LogP) is 2.71. The maximum Gasteiger partial charge on any atom is 0.273 e. The molecule has 5 aromatic heterocycles. The molecular weight excluding hydrogens is 475 g/mol. The average molecular weight is 495 g/mol. The summed E-state index contributed by atoms with van der Waals surface area (Å²) < 4.78 is 19.3. The van der Waals surface area contributed by atoms with Crippen LogP contribution in [0.2, 0.25) is 5.02 Å². The number of fused-ring (bicyclic) bond motifs is 2. The maximum absolute atomic E-state index is 14.4. The molecule has 0 bridgehead atoms. The lowest BCUT2D eigenvalue weighted by atomic mass is 10.1. The molecule has 0 spiro atoms. The van der Waals surface area contributed by atoms with Crippen molar-refractivity contribution in [3.63, 3.8) is 0 Å². The van der Waals surface area contributed by atoms with Crippen molar-refractivity contribution in [2.45, 2.75) is 38.5 Å². The number of nitrogens with zero attached hydrogens (tertiary/aromatic N) is 7. The summed E-state index contributed by atoms with van der Waals surface area (Å²) in [5.41, 5.74) is 4.08. The molecule has 0 atom stereocenters. The second-order valence-corrected chi connectivity index (χ2v) is 9.01. The van der Waals surface area contributed by atoms with Gasteiger partial charge in [0.15, 0.2) is 11.5 Å². The number of carbonyl (C=O) groups is 1. The van der Waals surface area contributed by atoms with Gasteiger partial charge in [0.1, 0.15) is 11.2 Å². The molecule has 0 unspecified atom stereocenters. The lowest BCUT2D eigenvalue weighted by molar-refractivity contribution is 0.0945. The van der Waals surface area contributed by atoms with Crippen LogP contribution in [0.25, 0.3) is 11.2 Å². The first kappa shape index (κ1) is 21.7. The van der Waals surface area contributed by atoms with Crippen LogP contribution >= 0.6 is 11.6 Å². The van der Waals surface area contributed by atoms with Crippen molar-refractivity contribution >= 4 is 28.7 Å². The molecule has 35 heavy (non-hydrogen) atoms. The van der Waals surface area contributed by atoms with Gasteiger partial charge in [0.25, 0.3) is 5.91 Å². The summed E-state index contributed by atoms with van der Waals surface area (Å²) in [5.74, 6) is -0.505. The van der Waals surface area contributed by atoms with Gasteiger partial charge in [-0.15, -0.1) is 5.10 Å². The summed E-state index contributed by atoms with van der Waals surface area (Å²) >= 11 is 5.87. The first-order chi connectivity index (χ1) is 17.0. The predicted molar refractivity (Wildman–Crippen MR) is 124 cm³/mol. The summed E-state index contributed by atoms with van der Waals surface area (Å²) in [6, 6.07) is 3.46. The van der Waals surface area contributed by atoms with Gasteiger partial charge in [-0.1, -0.05) is 16.8 Å². The second-order valence-electron chi connectivity index (χ2n) is 8.60. The van der Waals surface area contributed by atoms with E-state index in [1.807, 2.05) is 16.7 Å². The Morgan fingerprint density at radius 3 is 2.91 bits per heavy atom. The standard InChI is InChI=1S/C23H20ClFN8O2/c24-17-3-4-31-12-27-18(21(31)20(17)25)6-26-23(35)19-10-33(30-29-19)9-16-8-32-7-14(13-1-2-13)5-15(11-34)22(32)28-16/h3-5,7-8,10,12-13,34H,1-2,6,9,11H2,(H,26,35). The van der Waals surface area contributed by atoms with Gasteiger partial charge in [0, 0.05) is 24.2 Å². The number of hydrogen-bond acceptors (Lipinski definition) is 6. The molecule has 1 saturated carbocycles. The third-order valence-corrected chi connectivity index (χ3v) is 6.39. The van der Waals surface area contributed by atoms with Crippen LogP contribution in [0.3, 0.4) is 0 Å². The van der Waals surface area contributed by atoms with Crippen molar-refractivity contribution in [1.29, 1.82) is 0 Å². The number of hydrogen-bond donors (Lipinski definition) is 2. The van der Waals surface area contributed by atoms with Crippen molar-refractivity contribution in [3.8, 4) is 0 Å². The molecule has 0 saturated heterocycles. The number of imidazole rings is 2. The van der Waals surface area contributed by atoms with Gasteiger partial charge in [-0.25, -0.2) is 19.0 Å². The zero-order chi connectivity index (χ0) is 24.1. The van der Waals surface area contributed by atoms with E-state index in [-0.39, 0.29) is 29.4 Å². The highest BCUT2D eigenvalue weighted by molar-refractivity contribution is 6.31. The fourth-order valence-corrected chi connectivity index (χ4v) is 4.34. The average Bonchev–Trinajstić information content (AvgIpc) is 3.26. The van der Waals surface area contributed by atoms with E-state index >= 15 is 0 Å². The van der Waals surface area contributed by atoms with E-state index in [4.69, 9.17) is 11.6 Å². The first-order valence-electron chi connectivity index (χ1n) is 11.1. The maximum atomic E-state index is 14.4. The molecule has 5 aromatic rings. The summed E-state index contributed by atoms with van der Waals surface area (Å²) in [6.07, 6.45) is 10.9. The van der Waals surface area contributed by atoms with Crippen molar-refractivity contribution in [3.05, 3.63) is 82.3 Å². The van der Waals surface area contributed by atoms with Crippen LogP contribution in [0, 0.1) is 5.82 Å². The number of aromatic nitrogens is 7. The minimum absolute atomic E-state index is 0.000838. The Morgan fingerprint density at radius 1 is 1.26 bits per heavy atom. The SMILES string of the molecule is O=C(NCc1ncn2ccc(Cl)c(F)c12)c1cn(Cc2cn3cc(C4CC4)cc(CO)c3n2)nn1. The molecule has 1 amide bonds. The molecule has 0 aliphatic heterocycles. The zero-order valence-corrected chi connectivity index (χ0v) is 19.2. The monoisotopic (exact) mass is 494 g/mol. The largest absolute Gasteiger partial charge is 0.392 e. The second kappa shape index (κ2) is 8.43. The van der Waals surface area contributed by atoms with Gasteiger partial charge in [0.05, 0.1) is 48.6 Å². The lowest BCUT2D eigenvalue weighted by Crippen LogP contribution is -2.23. The van der Waals surface area contributed by atoms with Crippen LogP contribution < -0.4 is 5.32 Å². The number of aliphatic hydroxyl groups excluding tert-OH is 1. The van der Waals surface area contributed by atoms with E-state index in [1.54, 1.807) is 6.20 Å². The van der Waals surface area contributed by atoms with E-state index in [2.05, 4.69) is 31.8 Å². The molecule has 10 nitrogen and oxygen atoms in total. The molecule has 0 radical (unpaired) electrons. The molecule has 6 rings (SSSR count). The fourth-order valence-electron chi connectivity index (χ4n) is 4.19. The van der Waals surface area contributed by atoms with Gasteiger partial charge >= 0.3 is 0 Å². The lowest BCUT2D eigenvalue weighted by Gasteiger charge is -2.04. The Kier molecular flexibility index (Phi) is 5.23. The van der Waals surface area contributed by atoms with Crippen LogP contribution in [-0.4, -0.2) is 44.8 Å². The number of rotatable bonds is 7. The van der Waals surface area contributed by atoms with Crippen LogP contribution in [0.1, 0.15) is 51.8 Å². The van der Waals surface area contributed by atoms with E-state index in [1.165, 1.54) is 46.1 Å². The molecule has 0 aromatic carbocycles. The zero-order valence-electron chi connectivity index (χ0n) is 18.4. The normalized spacial score (nSPS) is 13.7. The minimum atomic E-state index is -0.595. The third-order valence-electron chi connectivity index (χ3n) is 6.10. The summed E-state index contributed by atoms with van der Waals surface area (Å²) in [6.45, 7) is 0.219. The van der Waals surface area contributed by atoms with Crippen LogP contribution in [0.4, 0.5) is 4.39 Å². The van der Waals surface area contributed by atoms with Crippen molar-refractivity contribution < 1.29 is 14.3 Å². The topological polar surface area (TPSA) is 115 Å². The first-order valence-corrected chi connectivity index (χ1v) is 11.5. The summed E-state index contributed by atoms with van der Waals surface area (Å²) in [4.78, 5) is 21.4. The van der Waals surface area contributed by atoms with Crippen molar-refractivity contribution in [2.75, 3.05) is 0 Å². The van der Waals surface area contributed by atoms with Crippen LogP contribution in [0.15, 0.2) is 43.2 Å². The number of nitrogens with one attached hydrogen (secondary N) is 1. The third kappa shape index (κ3) is 4.02. The Balaban J connectivity index is 1.16. The molecule has 1 aliphatic carbocycles. The van der Waals surface area contributed by atoms with E-state index in [0.717, 1.165) is 11.3 Å². The summed E-state index contributed by atoms with van der Waals surface area (Å²) in [5, 5.41) is 20.4. The van der Waals surface area contributed by atoms with E-state index in [0.29, 0.717) is 23.8 Å². The summed E-state index contributed by atoms with van der Waals surface area (Å²) in [7, 11) is 0. The number of carbonyl (C=O) groups excluding carboxylic acids is 1. The molecule has 2 N–H and O–H groups in total. The molecular formula is C23H20ClFN8O2. The van der Waals surface area contributed by atoms with E-state index < -0.39 is 11.7 Å². The molecule has 1 aliphatic rings.